The molecule has 0 saturated carbocycles. The molecule has 2 heterocycles. The van der Waals surface area contributed by atoms with Gasteiger partial charge in [-0.25, -0.2) is 0 Å². The van der Waals surface area contributed by atoms with Crippen LogP contribution in [0.25, 0.3) is 11.5 Å². The first-order valence-corrected chi connectivity index (χ1v) is 5.32. The Hall–Kier alpha value is -1.30. The summed E-state index contributed by atoms with van der Waals surface area (Å²) in [6.07, 6.45) is 0.780. The van der Waals surface area contributed by atoms with E-state index in [9.17, 15) is 0 Å². The van der Waals surface area contributed by atoms with Crippen molar-refractivity contribution in [2.24, 2.45) is 0 Å². The maximum absolute atomic E-state index is 5.07. The lowest BCUT2D eigenvalue weighted by Crippen LogP contribution is -1.97. The largest absolute Gasteiger partial charge is 0.333 e. The van der Waals surface area contributed by atoms with Gasteiger partial charge in [0.25, 0.3) is 5.89 Å². The summed E-state index contributed by atoms with van der Waals surface area (Å²) >= 11 is 3.14. The van der Waals surface area contributed by atoms with Crippen LogP contribution in [0.15, 0.2) is 15.3 Å². The Morgan fingerprint density at radius 2 is 2.20 bits per heavy atom. The molecule has 0 aliphatic rings. The van der Waals surface area contributed by atoms with E-state index in [-0.39, 0.29) is 0 Å². The minimum atomic E-state index is 0.439. The van der Waals surface area contributed by atoms with Gasteiger partial charge in [-0.2, -0.15) is 15.2 Å². The van der Waals surface area contributed by atoms with E-state index in [0.717, 1.165) is 23.4 Å². The molecule has 0 unspecified atom stereocenters. The first kappa shape index (κ1) is 10.2. The Morgan fingerprint density at radius 1 is 1.40 bits per heavy atom. The van der Waals surface area contributed by atoms with Crippen molar-refractivity contribution in [1.29, 1.82) is 0 Å². The van der Waals surface area contributed by atoms with E-state index in [2.05, 4.69) is 36.3 Å². The van der Waals surface area contributed by atoms with Crippen molar-refractivity contribution in [3.8, 4) is 11.5 Å². The van der Waals surface area contributed by atoms with Crippen molar-refractivity contribution >= 4 is 15.9 Å². The van der Waals surface area contributed by atoms with E-state index in [0.29, 0.717) is 10.6 Å². The molecule has 0 amide bonds. The lowest BCUT2D eigenvalue weighted by Gasteiger charge is -2.01. The zero-order valence-electron chi connectivity index (χ0n) is 8.36. The number of hydrogen-bond donors (Lipinski definition) is 0. The van der Waals surface area contributed by atoms with Gasteiger partial charge in [0, 0.05) is 0 Å². The highest BCUT2D eigenvalue weighted by Crippen LogP contribution is 2.22. The van der Waals surface area contributed by atoms with E-state index in [1.165, 1.54) is 0 Å². The van der Waals surface area contributed by atoms with Crippen molar-refractivity contribution in [3.63, 3.8) is 0 Å². The second kappa shape index (κ2) is 4.06. The number of halogens is 1. The molecule has 0 spiro atoms. The third-order valence-electron chi connectivity index (χ3n) is 1.96. The lowest BCUT2D eigenvalue weighted by atomic mass is 10.1. The SMILES string of the molecule is CCc1nnc(C)cc1-c1nc(Br)no1. The fourth-order valence-electron chi connectivity index (χ4n) is 1.28. The molecule has 6 heteroatoms. The number of nitrogens with zero attached hydrogens (tertiary/aromatic N) is 4. The molecular weight excluding hydrogens is 260 g/mol. The highest BCUT2D eigenvalue weighted by molar-refractivity contribution is 9.10. The minimum Gasteiger partial charge on any atom is -0.333 e. The van der Waals surface area contributed by atoms with Gasteiger partial charge in [0.1, 0.15) is 0 Å². The molecule has 5 nitrogen and oxygen atoms in total. The van der Waals surface area contributed by atoms with Crippen molar-refractivity contribution in [2.45, 2.75) is 20.3 Å². The van der Waals surface area contributed by atoms with Gasteiger partial charge in [-0.15, -0.1) is 0 Å². The smallest absolute Gasteiger partial charge is 0.260 e. The molecule has 2 aromatic heterocycles. The monoisotopic (exact) mass is 268 g/mol. The molecule has 0 aromatic carbocycles. The highest BCUT2D eigenvalue weighted by atomic mass is 79.9. The third-order valence-corrected chi connectivity index (χ3v) is 2.28. The average Bonchev–Trinajstić information content (AvgIpc) is 2.65. The second-order valence-electron chi connectivity index (χ2n) is 3.07. The van der Waals surface area contributed by atoms with Gasteiger partial charge in [0.2, 0.25) is 4.73 Å². The van der Waals surface area contributed by atoms with Crippen LogP contribution >= 0.6 is 15.9 Å². The fraction of sp³-hybridized carbons (Fsp3) is 0.333. The van der Waals surface area contributed by atoms with Gasteiger partial charge in [-0.1, -0.05) is 6.92 Å². The van der Waals surface area contributed by atoms with Crippen LogP contribution in [0.4, 0.5) is 0 Å². The summed E-state index contributed by atoms with van der Waals surface area (Å²) in [7, 11) is 0. The maximum Gasteiger partial charge on any atom is 0.260 e. The number of aromatic nitrogens is 4. The van der Waals surface area contributed by atoms with Gasteiger partial charge >= 0.3 is 0 Å². The van der Waals surface area contributed by atoms with Crippen molar-refractivity contribution in [2.75, 3.05) is 0 Å². The standard InChI is InChI=1S/C9H9BrN4O/c1-3-7-6(4-5(2)12-13-7)8-11-9(10)14-15-8/h4H,3H2,1-2H3. The zero-order chi connectivity index (χ0) is 10.8. The van der Waals surface area contributed by atoms with Crippen molar-refractivity contribution < 1.29 is 4.52 Å². The predicted octanol–water partition coefficient (Wildman–Crippen LogP) is 2.16. The molecule has 78 valence electrons. The van der Waals surface area contributed by atoms with Crippen molar-refractivity contribution in [1.82, 2.24) is 20.3 Å². The number of hydrogen-bond acceptors (Lipinski definition) is 5. The Balaban J connectivity index is 2.55. The molecule has 0 aliphatic heterocycles. The fourth-order valence-corrected chi connectivity index (χ4v) is 1.51. The van der Waals surface area contributed by atoms with E-state index >= 15 is 0 Å². The third kappa shape index (κ3) is 2.04. The molecule has 0 radical (unpaired) electrons. The number of rotatable bonds is 2. The molecule has 0 fully saturated rings. The molecule has 0 saturated heterocycles. The van der Waals surface area contributed by atoms with E-state index < -0.39 is 0 Å². The molecule has 15 heavy (non-hydrogen) atoms. The van der Waals surface area contributed by atoms with Gasteiger partial charge in [0.05, 0.1) is 17.0 Å². The number of aryl methyl sites for hydroxylation is 2. The highest BCUT2D eigenvalue weighted by Gasteiger charge is 2.13. The van der Waals surface area contributed by atoms with Crippen LogP contribution in [-0.4, -0.2) is 20.3 Å². The summed E-state index contributed by atoms with van der Waals surface area (Å²) in [5, 5.41) is 11.8. The van der Waals surface area contributed by atoms with E-state index in [1.807, 2.05) is 19.9 Å². The van der Waals surface area contributed by atoms with Crippen LogP contribution in [0.2, 0.25) is 0 Å². The summed E-state index contributed by atoms with van der Waals surface area (Å²) in [4.78, 5) is 4.10. The van der Waals surface area contributed by atoms with Crippen LogP contribution in [0, 0.1) is 6.92 Å². The van der Waals surface area contributed by atoms with Crippen LogP contribution in [-0.2, 0) is 6.42 Å². The maximum atomic E-state index is 5.07. The first-order chi connectivity index (χ1) is 7.20. The van der Waals surface area contributed by atoms with Gasteiger partial charge in [-0.05, 0) is 40.5 Å². The Morgan fingerprint density at radius 3 is 2.80 bits per heavy atom. The summed E-state index contributed by atoms with van der Waals surface area (Å²) in [6.45, 7) is 3.88. The summed E-state index contributed by atoms with van der Waals surface area (Å²) in [6, 6.07) is 1.89. The zero-order valence-corrected chi connectivity index (χ0v) is 9.95. The van der Waals surface area contributed by atoms with Gasteiger partial charge in [-0.3, -0.25) is 0 Å². The molecule has 0 N–H and O–H groups in total. The van der Waals surface area contributed by atoms with Gasteiger partial charge in [0.15, 0.2) is 0 Å². The molecule has 2 rings (SSSR count). The summed E-state index contributed by atoms with van der Waals surface area (Å²) in [5.41, 5.74) is 2.54. The summed E-state index contributed by atoms with van der Waals surface area (Å²) in [5.74, 6) is 0.469. The molecule has 2 aromatic rings. The Labute approximate surface area is 95.0 Å². The molecule has 0 atom stereocenters. The van der Waals surface area contributed by atoms with Crippen LogP contribution < -0.4 is 0 Å². The lowest BCUT2D eigenvalue weighted by molar-refractivity contribution is 0.425. The predicted molar refractivity (Wildman–Crippen MR) is 57.1 cm³/mol. The summed E-state index contributed by atoms with van der Waals surface area (Å²) < 4.78 is 5.51. The van der Waals surface area contributed by atoms with E-state index in [1.54, 1.807) is 0 Å². The minimum absolute atomic E-state index is 0.439. The Kier molecular flexibility index (Phi) is 2.77. The van der Waals surface area contributed by atoms with Crippen LogP contribution in [0.3, 0.4) is 0 Å². The van der Waals surface area contributed by atoms with E-state index in [4.69, 9.17) is 4.52 Å². The molecular formula is C9H9BrN4O. The molecule has 0 bridgehead atoms. The second-order valence-corrected chi connectivity index (χ2v) is 3.78. The topological polar surface area (TPSA) is 64.7 Å². The van der Waals surface area contributed by atoms with Crippen LogP contribution in [0.5, 0.6) is 0 Å². The average molecular weight is 269 g/mol. The van der Waals surface area contributed by atoms with Crippen molar-refractivity contribution in [3.05, 3.63) is 22.2 Å². The first-order valence-electron chi connectivity index (χ1n) is 4.53. The molecule has 0 aliphatic carbocycles. The normalized spacial score (nSPS) is 10.6. The van der Waals surface area contributed by atoms with Gasteiger partial charge < -0.3 is 4.52 Å². The van der Waals surface area contributed by atoms with Crippen LogP contribution in [0.1, 0.15) is 18.3 Å². The quantitative estimate of drug-likeness (QED) is 0.835. The Bertz CT molecular complexity index is 483.